The predicted molar refractivity (Wildman–Crippen MR) is 112 cm³/mol. The van der Waals surface area contributed by atoms with Crippen LogP contribution in [0.25, 0.3) is 22.2 Å². The number of hydrogen-bond acceptors (Lipinski definition) is 7. The summed E-state index contributed by atoms with van der Waals surface area (Å²) >= 11 is 6.44. The Labute approximate surface area is 180 Å². The summed E-state index contributed by atoms with van der Waals surface area (Å²) in [7, 11) is 0. The Balaban J connectivity index is 1.89. The molecule has 0 aliphatic carbocycles. The third-order valence-corrected chi connectivity index (χ3v) is 5.42. The minimum atomic E-state index is -4.64. The molecule has 3 heterocycles. The van der Waals surface area contributed by atoms with Gasteiger partial charge in [-0.05, 0) is 30.7 Å². The molecule has 0 radical (unpaired) electrons. The summed E-state index contributed by atoms with van der Waals surface area (Å²) in [4.78, 5) is 14.4. The second-order valence-electron chi connectivity index (χ2n) is 7.21. The zero-order chi connectivity index (χ0) is 22.3. The van der Waals surface area contributed by atoms with Crippen LogP contribution in [0, 0.1) is 18.3 Å². The van der Waals surface area contributed by atoms with Gasteiger partial charge in [0.25, 0.3) is 0 Å². The first-order valence-electron chi connectivity index (χ1n) is 9.36. The summed E-state index contributed by atoms with van der Waals surface area (Å²) in [5, 5.41) is 12.9. The number of pyridine rings is 1. The topological polar surface area (TPSA) is 104 Å². The summed E-state index contributed by atoms with van der Waals surface area (Å²) in [6.45, 7) is 2.95. The number of benzene rings is 1. The molecule has 160 valence electrons. The van der Waals surface area contributed by atoms with Gasteiger partial charge in [0.1, 0.15) is 24.0 Å². The molecule has 1 saturated heterocycles. The second kappa shape index (κ2) is 7.83. The lowest BCUT2D eigenvalue weighted by molar-refractivity contribution is -0.137. The van der Waals surface area contributed by atoms with Crippen molar-refractivity contribution in [3.05, 3.63) is 40.7 Å². The minimum absolute atomic E-state index is 0.0385. The Morgan fingerprint density at radius 1 is 1.29 bits per heavy atom. The largest absolute Gasteiger partial charge is 0.418 e. The summed E-state index contributed by atoms with van der Waals surface area (Å²) in [6.07, 6.45) is -3.30. The van der Waals surface area contributed by atoms with E-state index in [9.17, 15) is 18.4 Å². The van der Waals surface area contributed by atoms with E-state index >= 15 is 0 Å². The maximum absolute atomic E-state index is 13.8. The molecule has 0 amide bonds. The number of nitrogen functional groups attached to an aromatic ring is 1. The van der Waals surface area contributed by atoms with E-state index in [4.69, 9.17) is 17.3 Å². The summed E-state index contributed by atoms with van der Waals surface area (Å²) in [6, 6.07) is 5.99. The van der Waals surface area contributed by atoms with E-state index in [-0.39, 0.29) is 33.7 Å². The fourth-order valence-corrected chi connectivity index (χ4v) is 4.03. The number of aromatic nitrogens is 3. The fraction of sp³-hybridized carbons (Fsp3) is 0.300. The quantitative estimate of drug-likeness (QED) is 0.619. The highest BCUT2D eigenvalue weighted by Crippen LogP contribution is 2.42. The zero-order valence-electron chi connectivity index (χ0n) is 16.3. The van der Waals surface area contributed by atoms with Crippen LogP contribution in [0.15, 0.2) is 24.5 Å². The molecule has 3 aromatic rings. The number of hydrogen-bond donors (Lipinski definition) is 2. The second-order valence-corrected chi connectivity index (χ2v) is 7.62. The third kappa shape index (κ3) is 3.94. The van der Waals surface area contributed by atoms with Crippen LogP contribution in [0.1, 0.15) is 11.1 Å². The normalized spacial score (nSPS) is 17.0. The summed E-state index contributed by atoms with van der Waals surface area (Å²) in [5.41, 5.74) is 4.94. The molecule has 0 bridgehead atoms. The van der Waals surface area contributed by atoms with E-state index in [0.29, 0.717) is 36.4 Å². The van der Waals surface area contributed by atoms with Crippen LogP contribution in [-0.4, -0.2) is 40.6 Å². The van der Waals surface area contributed by atoms with Gasteiger partial charge in [0.15, 0.2) is 0 Å². The summed E-state index contributed by atoms with van der Waals surface area (Å²) in [5.74, 6) is 0.524. The van der Waals surface area contributed by atoms with E-state index in [1.54, 1.807) is 0 Å². The number of piperazine rings is 1. The number of rotatable bonds is 2. The van der Waals surface area contributed by atoms with Crippen LogP contribution in [0.2, 0.25) is 5.02 Å². The number of alkyl halides is 3. The van der Waals surface area contributed by atoms with E-state index in [2.05, 4.69) is 26.3 Å². The van der Waals surface area contributed by atoms with Gasteiger partial charge >= 0.3 is 6.18 Å². The van der Waals surface area contributed by atoms with Crippen molar-refractivity contribution >= 4 is 34.1 Å². The van der Waals surface area contributed by atoms with Crippen molar-refractivity contribution in [2.75, 3.05) is 30.3 Å². The molecule has 2 aromatic heterocycles. The molecular weight excluding hydrogens is 431 g/mol. The van der Waals surface area contributed by atoms with Crippen molar-refractivity contribution in [1.82, 2.24) is 20.3 Å². The number of nitrogens with one attached hydrogen (secondary N) is 1. The van der Waals surface area contributed by atoms with Gasteiger partial charge in [0, 0.05) is 30.6 Å². The maximum Gasteiger partial charge on any atom is 0.418 e. The van der Waals surface area contributed by atoms with Gasteiger partial charge in [-0.15, -0.1) is 0 Å². The Bertz CT molecular complexity index is 1210. The Morgan fingerprint density at radius 3 is 2.77 bits per heavy atom. The van der Waals surface area contributed by atoms with Gasteiger partial charge < -0.3 is 10.6 Å². The standard InChI is InChI=1S/C20H17ClF3N7/c1-10-4-16(26)30-18(17(10)20(22,23)24)12-6-15-13(5-14(12)21)19(29-9-28-15)31-3-2-27-11(7-25)8-31/h4-6,9,11,27H,2-3,8H2,1H3,(H2,26,30). The number of anilines is 2. The Hall–Kier alpha value is -3.16. The van der Waals surface area contributed by atoms with Crippen LogP contribution in [0.3, 0.4) is 0 Å². The first-order valence-corrected chi connectivity index (χ1v) is 9.73. The fourth-order valence-electron chi connectivity index (χ4n) is 3.78. The molecule has 4 rings (SSSR count). The molecule has 0 saturated carbocycles. The van der Waals surface area contributed by atoms with Crippen molar-refractivity contribution in [2.24, 2.45) is 0 Å². The lowest BCUT2D eigenvalue weighted by Gasteiger charge is -2.32. The van der Waals surface area contributed by atoms with Crippen molar-refractivity contribution in [3.63, 3.8) is 0 Å². The lowest BCUT2D eigenvalue weighted by Crippen LogP contribution is -2.50. The molecule has 7 nitrogen and oxygen atoms in total. The van der Waals surface area contributed by atoms with Gasteiger partial charge in [-0.2, -0.15) is 18.4 Å². The highest BCUT2D eigenvalue weighted by atomic mass is 35.5. The van der Waals surface area contributed by atoms with Crippen LogP contribution >= 0.6 is 11.6 Å². The number of aryl methyl sites for hydroxylation is 1. The number of fused-ring (bicyclic) bond motifs is 1. The van der Waals surface area contributed by atoms with E-state index in [1.165, 1.54) is 31.5 Å². The van der Waals surface area contributed by atoms with Crippen LogP contribution < -0.4 is 16.0 Å². The number of halogens is 4. The average Bonchev–Trinajstić information content (AvgIpc) is 2.71. The molecule has 1 aromatic carbocycles. The molecule has 3 N–H and O–H groups in total. The Morgan fingerprint density at radius 2 is 2.06 bits per heavy atom. The van der Waals surface area contributed by atoms with Crippen LogP contribution in [0.5, 0.6) is 0 Å². The smallest absolute Gasteiger partial charge is 0.384 e. The molecule has 0 spiro atoms. The molecule has 1 aliphatic heterocycles. The molecule has 31 heavy (non-hydrogen) atoms. The molecule has 1 fully saturated rings. The van der Waals surface area contributed by atoms with Crippen molar-refractivity contribution in [1.29, 1.82) is 5.26 Å². The summed E-state index contributed by atoms with van der Waals surface area (Å²) < 4.78 is 41.3. The average molecular weight is 448 g/mol. The van der Waals surface area contributed by atoms with Gasteiger partial charge in [-0.3, -0.25) is 5.32 Å². The number of nitriles is 1. The highest BCUT2D eigenvalue weighted by Gasteiger charge is 2.37. The van der Waals surface area contributed by atoms with E-state index < -0.39 is 11.7 Å². The predicted octanol–water partition coefficient (Wildman–Crippen LogP) is 3.56. The molecule has 1 unspecified atom stereocenters. The monoisotopic (exact) mass is 447 g/mol. The third-order valence-electron chi connectivity index (χ3n) is 5.11. The van der Waals surface area contributed by atoms with Crippen LogP contribution in [0.4, 0.5) is 24.8 Å². The zero-order valence-corrected chi connectivity index (χ0v) is 17.1. The first kappa shape index (κ1) is 21.1. The van der Waals surface area contributed by atoms with Crippen molar-refractivity contribution in [2.45, 2.75) is 19.1 Å². The van der Waals surface area contributed by atoms with Gasteiger partial charge in [-0.25, -0.2) is 15.0 Å². The lowest BCUT2D eigenvalue weighted by atomic mass is 9.99. The molecule has 1 atom stereocenters. The van der Waals surface area contributed by atoms with Crippen molar-refractivity contribution in [3.8, 4) is 17.3 Å². The van der Waals surface area contributed by atoms with Gasteiger partial charge in [0.05, 0.1) is 27.9 Å². The van der Waals surface area contributed by atoms with Gasteiger partial charge in [0.2, 0.25) is 0 Å². The number of nitrogens with two attached hydrogens (primary N) is 1. The first-order chi connectivity index (χ1) is 14.7. The van der Waals surface area contributed by atoms with Crippen molar-refractivity contribution < 1.29 is 13.2 Å². The van der Waals surface area contributed by atoms with Crippen LogP contribution in [-0.2, 0) is 6.18 Å². The SMILES string of the molecule is Cc1cc(N)nc(-c2cc3ncnc(N4CCNC(C#N)C4)c3cc2Cl)c1C(F)(F)F. The molecule has 1 aliphatic rings. The van der Waals surface area contributed by atoms with E-state index in [1.807, 2.05) is 4.90 Å². The minimum Gasteiger partial charge on any atom is -0.384 e. The number of nitrogens with zero attached hydrogens (tertiary/aromatic N) is 5. The maximum atomic E-state index is 13.8. The van der Waals surface area contributed by atoms with E-state index in [0.717, 1.165) is 0 Å². The highest BCUT2D eigenvalue weighted by molar-refractivity contribution is 6.34. The molecular formula is C20H17ClF3N7. The van der Waals surface area contributed by atoms with Gasteiger partial charge in [-0.1, -0.05) is 11.6 Å². The Kier molecular flexibility index (Phi) is 5.33. The molecule has 11 heteroatoms.